The van der Waals surface area contributed by atoms with E-state index in [1.54, 1.807) is 12.1 Å². The second kappa shape index (κ2) is 5.65. The summed E-state index contributed by atoms with van der Waals surface area (Å²) in [7, 11) is -1.56. The fourth-order valence-corrected chi connectivity index (χ4v) is 3.70. The van der Waals surface area contributed by atoms with Gasteiger partial charge in [0.25, 0.3) is 0 Å². The van der Waals surface area contributed by atoms with E-state index >= 15 is 0 Å². The van der Waals surface area contributed by atoms with Crippen LogP contribution in [0.4, 0.5) is 0 Å². The van der Waals surface area contributed by atoms with E-state index in [9.17, 15) is 8.42 Å². The van der Waals surface area contributed by atoms with Crippen molar-refractivity contribution in [1.82, 2.24) is 9.62 Å². The van der Waals surface area contributed by atoms with Gasteiger partial charge in [-0.1, -0.05) is 30.4 Å². The van der Waals surface area contributed by atoms with Gasteiger partial charge in [0.1, 0.15) is 0 Å². The van der Waals surface area contributed by atoms with Crippen LogP contribution in [0.5, 0.6) is 0 Å². The molecule has 4 nitrogen and oxygen atoms in total. The molecule has 5 heteroatoms. The number of nitrogens with one attached hydrogen (secondary N) is 1. The first-order valence-corrected chi connectivity index (χ1v) is 7.48. The van der Waals surface area contributed by atoms with E-state index in [1.807, 2.05) is 31.3 Å². The van der Waals surface area contributed by atoms with Crippen LogP contribution in [0.2, 0.25) is 0 Å². The van der Waals surface area contributed by atoms with Gasteiger partial charge in [-0.3, -0.25) is 0 Å². The first-order valence-electron chi connectivity index (χ1n) is 6.04. The van der Waals surface area contributed by atoms with Crippen molar-refractivity contribution in [3.05, 3.63) is 42.0 Å². The SMILES string of the molecule is CNCc1ccccc1S(=O)(=O)N1CC=CCC1. The molecule has 0 unspecified atom stereocenters. The first-order chi connectivity index (χ1) is 8.66. The van der Waals surface area contributed by atoms with Crippen molar-refractivity contribution in [3.63, 3.8) is 0 Å². The summed E-state index contributed by atoms with van der Waals surface area (Å²) in [6.07, 6.45) is 4.71. The van der Waals surface area contributed by atoms with Crippen molar-refractivity contribution in [2.24, 2.45) is 0 Å². The fourth-order valence-electron chi connectivity index (χ4n) is 2.07. The number of hydrogen-bond acceptors (Lipinski definition) is 3. The summed E-state index contributed by atoms with van der Waals surface area (Å²) < 4.78 is 26.6. The Labute approximate surface area is 108 Å². The van der Waals surface area contributed by atoms with Crippen molar-refractivity contribution in [2.75, 3.05) is 20.1 Å². The predicted octanol–water partition coefficient (Wildman–Crippen LogP) is 1.36. The highest BCUT2D eigenvalue weighted by molar-refractivity contribution is 7.89. The van der Waals surface area contributed by atoms with E-state index < -0.39 is 10.0 Å². The van der Waals surface area contributed by atoms with Crippen LogP contribution in [0.15, 0.2) is 41.3 Å². The lowest BCUT2D eigenvalue weighted by Gasteiger charge is -2.24. The quantitative estimate of drug-likeness (QED) is 0.837. The highest BCUT2D eigenvalue weighted by Gasteiger charge is 2.26. The van der Waals surface area contributed by atoms with Crippen LogP contribution >= 0.6 is 0 Å². The summed E-state index contributed by atoms with van der Waals surface area (Å²) in [6, 6.07) is 7.16. The lowest BCUT2D eigenvalue weighted by Crippen LogP contribution is -2.34. The Hall–Kier alpha value is -1.17. The van der Waals surface area contributed by atoms with Gasteiger partial charge in [0.05, 0.1) is 4.90 Å². The van der Waals surface area contributed by atoms with E-state index in [-0.39, 0.29) is 0 Å². The van der Waals surface area contributed by atoms with E-state index in [0.717, 1.165) is 12.0 Å². The lowest BCUT2D eigenvalue weighted by molar-refractivity contribution is 0.437. The summed E-state index contributed by atoms with van der Waals surface area (Å²) in [5.41, 5.74) is 0.814. The van der Waals surface area contributed by atoms with Crippen LogP contribution in [0, 0.1) is 0 Å². The summed E-state index contributed by atoms with van der Waals surface area (Å²) in [6.45, 7) is 1.59. The minimum absolute atomic E-state index is 0.412. The van der Waals surface area contributed by atoms with E-state index in [4.69, 9.17) is 0 Å². The Balaban J connectivity index is 2.37. The molecule has 0 aromatic heterocycles. The zero-order valence-corrected chi connectivity index (χ0v) is 11.3. The highest BCUT2D eigenvalue weighted by Crippen LogP contribution is 2.21. The smallest absolute Gasteiger partial charge is 0.243 e. The second-order valence-electron chi connectivity index (χ2n) is 4.26. The minimum Gasteiger partial charge on any atom is -0.316 e. The van der Waals surface area contributed by atoms with Gasteiger partial charge in [-0.15, -0.1) is 0 Å². The molecule has 0 fully saturated rings. The summed E-state index contributed by atoms with van der Waals surface area (Å²) in [4.78, 5) is 0.412. The van der Waals surface area contributed by atoms with Gasteiger partial charge < -0.3 is 5.32 Å². The molecule has 0 amide bonds. The van der Waals surface area contributed by atoms with Crippen molar-refractivity contribution < 1.29 is 8.42 Å². The van der Waals surface area contributed by atoms with E-state index in [0.29, 0.717) is 24.5 Å². The monoisotopic (exact) mass is 266 g/mol. The van der Waals surface area contributed by atoms with Gasteiger partial charge in [-0.05, 0) is 25.1 Å². The molecule has 0 aliphatic carbocycles. The van der Waals surface area contributed by atoms with Crippen molar-refractivity contribution in [1.29, 1.82) is 0 Å². The van der Waals surface area contributed by atoms with Gasteiger partial charge in [-0.2, -0.15) is 4.31 Å². The molecule has 0 radical (unpaired) electrons. The average molecular weight is 266 g/mol. The van der Waals surface area contributed by atoms with Crippen molar-refractivity contribution in [2.45, 2.75) is 17.9 Å². The lowest BCUT2D eigenvalue weighted by atomic mass is 10.2. The van der Waals surface area contributed by atoms with Crippen molar-refractivity contribution in [3.8, 4) is 0 Å². The van der Waals surface area contributed by atoms with Gasteiger partial charge >= 0.3 is 0 Å². The molecule has 1 aromatic carbocycles. The number of nitrogens with zero attached hydrogens (tertiary/aromatic N) is 1. The summed E-state index contributed by atoms with van der Waals surface area (Å²) in [5, 5.41) is 3.00. The number of benzene rings is 1. The predicted molar refractivity (Wildman–Crippen MR) is 71.7 cm³/mol. The van der Waals surface area contributed by atoms with Gasteiger partial charge in [0.2, 0.25) is 10.0 Å². The minimum atomic E-state index is -3.37. The number of rotatable bonds is 4. The molecule has 2 rings (SSSR count). The van der Waals surface area contributed by atoms with Crippen LogP contribution in [0.1, 0.15) is 12.0 Å². The Bertz CT molecular complexity index is 538. The van der Waals surface area contributed by atoms with E-state index in [2.05, 4.69) is 5.32 Å². The molecule has 18 heavy (non-hydrogen) atoms. The zero-order valence-electron chi connectivity index (χ0n) is 10.5. The standard InChI is InChI=1S/C13H18N2O2S/c1-14-11-12-7-3-4-8-13(12)18(16,17)15-9-5-2-6-10-15/h2-5,7-8,14H,6,9-11H2,1H3. The summed E-state index contributed by atoms with van der Waals surface area (Å²) >= 11 is 0. The topological polar surface area (TPSA) is 49.4 Å². The molecule has 0 saturated carbocycles. The molecular formula is C13H18N2O2S. The van der Waals surface area contributed by atoms with Crippen LogP contribution in [0.25, 0.3) is 0 Å². The Morgan fingerprint density at radius 2 is 2.06 bits per heavy atom. The molecule has 0 saturated heterocycles. The molecule has 98 valence electrons. The zero-order chi connectivity index (χ0) is 13.0. The molecule has 0 atom stereocenters. The Kier molecular flexibility index (Phi) is 4.16. The second-order valence-corrected chi connectivity index (χ2v) is 6.17. The summed E-state index contributed by atoms with van der Waals surface area (Å²) in [5.74, 6) is 0. The maximum absolute atomic E-state index is 12.5. The fraction of sp³-hybridized carbons (Fsp3) is 0.385. The third-order valence-electron chi connectivity index (χ3n) is 2.98. The molecule has 1 N–H and O–H groups in total. The van der Waals surface area contributed by atoms with E-state index in [1.165, 1.54) is 4.31 Å². The maximum Gasteiger partial charge on any atom is 0.243 e. The molecular weight excluding hydrogens is 248 g/mol. The van der Waals surface area contributed by atoms with Gasteiger partial charge in [0, 0.05) is 19.6 Å². The number of hydrogen-bond donors (Lipinski definition) is 1. The largest absolute Gasteiger partial charge is 0.316 e. The third-order valence-corrected chi connectivity index (χ3v) is 4.94. The Morgan fingerprint density at radius 3 is 2.72 bits per heavy atom. The molecule has 0 spiro atoms. The number of sulfonamides is 1. The van der Waals surface area contributed by atoms with Crippen LogP contribution in [0.3, 0.4) is 0 Å². The van der Waals surface area contributed by atoms with Gasteiger partial charge in [-0.25, -0.2) is 8.42 Å². The maximum atomic E-state index is 12.5. The molecule has 1 aliphatic rings. The van der Waals surface area contributed by atoms with Crippen LogP contribution < -0.4 is 5.32 Å². The van der Waals surface area contributed by atoms with Crippen LogP contribution in [-0.2, 0) is 16.6 Å². The third kappa shape index (κ3) is 2.63. The molecule has 1 aliphatic heterocycles. The first kappa shape index (κ1) is 13.3. The molecule has 0 bridgehead atoms. The molecule has 1 heterocycles. The van der Waals surface area contributed by atoms with Crippen molar-refractivity contribution >= 4 is 10.0 Å². The average Bonchev–Trinajstić information content (AvgIpc) is 2.41. The Morgan fingerprint density at radius 1 is 1.28 bits per heavy atom. The molecule has 1 aromatic rings. The highest BCUT2D eigenvalue weighted by atomic mass is 32.2. The normalized spacial score (nSPS) is 16.9. The van der Waals surface area contributed by atoms with Gasteiger partial charge in [0.15, 0.2) is 0 Å². The van der Waals surface area contributed by atoms with Crippen LogP contribution in [-0.4, -0.2) is 32.9 Å².